The number of halogens is 2. The molecule has 342 valence electrons. The van der Waals surface area contributed by atoms with E-state index in [1.54, 1.807) is 12.1 Å². The SMILES string of the molecule is CN(C(=O)N1CCC(Oc2cc(F)cc(N3[C@@H]4COC[C@H]3CN(c3cc(-c5cccc(F)c5O)nnc3N)C4)c2)CC1)C1CCN(c2cccc3c2CCN3[C@@H]2CCC(=O)NC2=O)CC1. The zero-order valence-electron chi connectivity index (χ0n) is 36.4. The molecule has 0 unspecified atom stereocenters. The second-order valence-electron chi connectivity index (χ2n) is 18.0. The number of carbonyl (C=O) groups is 3. The molecule has 2 bridgehead atoms. The predicted molar refractivity (Wildman–Crippen MR) is 240 cm³/mol. The Hall–Kier alpha value is -6.43. The molecule has 0 radical (unpaired) electrons. The van der Waals surface area contributed by atoms with Gasteiger partial charge in [-0.3, -0.25) is 14.9 Å². The maximum absolute atomic E-state index is 15.4. The van der Waals surface area contributed by atoms with E-state index in [9.17, 15) is 23.9 Å². The van der Waals surface area contributed by atoms with Gasteiger partial charge in [-0.25, -0.2) is 13.6 Å². The average Bonchev–Trinajstić information content (AvgIpc) is 3.73. The van der Waals surface area contributed by atoms with Gasteiger partial charge in [0.2, 0.25) is 11.8 Å². The number of aromatic nitrogens is 2. The highest BCUT2D eigenvalue weighted by atomic mass is 19.1. The van der Waals surface area contributed by atoms with Crippen molar-refractivity contribution >= 4 is 46.4 Å². The summed E-state index contributed by atoms with van der Waals surface area (Å²) in [6, 6.07) is 16.5. The number of nitrogens with one attached hydrogen (secondary N) is 1. The molecule has 5 saturated heterocycles. The summed E-state index contributed by atoms with van der Waals surface area (Å²) in [5.41, 5.74) is 11.6. The number of nitrogens with two attached hydrogens (primary N) is 1. The third-order valence-corrected chi connectivity index (χ3v) is 14.1. The van der Waals surface area contributed by atoms with Crippen molar-refractivity contribution in [1.29, 1.82) is 0 Å². The number of likely N-dealkylation sites (tertiary alicyclic amines) is 1. The lowest BCUT2D eigenvalue weighted by Crippen LogP contribution is -2.65. The molecule has 18 heteroatoms. The molecule has 6 aliphatic rings. The topological polar surface area (TPSA) is 173 Å². The largest absolute Gasteiger partial charge is 0.504 e. The van der Waals surface area contributed by atoms with Gasteiger partial charge in [0.05, 0.1) is 36.7 Å². The fraction of sp³-hybridized carbons (Fsp3) is 0.468. The third-order valence-electron chi connectivity index (χ3n) is 14.1. The summed E-state index contributed by atoms with van der Waals surface area (Å²) in [7, 11) is 1.90. The predicted octanol–water partition coefficient (Wildman–Crippen LogP) is 4.54. The van der Waals surface area contributed by atoms with E-state index < -0.39 is 17.4 Å². The minimum atomic E-state index is -0.758. The van der Waals surface area contributed by atoms with Crippen molar-refractivity contribution in [1.82, 2.24) is 25.3 Å². The number of para-hydroxylation sites is 1. The summed E-state index contributed by atoms with van der Waals surface area (Å²) in [6.07, 6.45) is 4.45. The number of anilines is 5. The molecule has 0 saturated carbocycles. The zero-order valence-corrected chi connectivity index (χ0v) is 36.4. The van der Waals surface area contributed by atoms with Crippen molar-refractivity contribution in [3.63, 3.8) is 0 Å². The molecular formula is C47H54F2N10O6. The van der Waals surface area contributed by atoms with E-state index >= 15 is 4.39 Å². The van der Waals surface area contributed by atoms with Crippen LogP contribution in [0.4, 0.5) is 42.1 Å². The quantitative estimate of drug-likeness (QED) is 0.211. The molecule has 6 aliphatic heterocycles. The highest BCUT2D eigenvalue weighted by Crippen LogP contribution is 2.40. The van der Waals surface area contributed by atoms with E-state index in [1.807, 2.05) is 29.0 Å². The maximum atomic E-state index is 15.4. The van der Waals surface area contributed by atoms with Gasteiger partial charge in [0.15, 0.2) is 17.4 Å². The normalized spacial score (nSPS) is 22.8. The van der Waals surface area contributed by atoms with Gasteiger partial charge in [-0.2, -0.15) is 0 Å². The van der Waals surface area contributed by atoms with Crippen LogP contribution in [0.3, 0.4) is 0 Å². The van der Waals surface area contributed by atoms with Crippen LogP contribution < -0.4 is 35.4 Å². The summed E-state index contributed by atoms with van der Waals surface area (Å²) in [5.74, 6) is -1.47. The Balaban J connectivity index is 0.732. The number of urea groups is 1. The number of aromatic hydroxyl groups is 1. The minimum Gasteiger partial charge on any atom is -0.504 e. The van der Waals surface area contributed by atoms with Crippen molar-refractivity contribution in [2.45, 2.75) is 75.2 Å². The number of carbonyl (C=O) groups excluding carboxylic acids is 3. The Morgan fingerprint density at radius 1 is 0.862 bits per heavy atom. The monoisotopic (exact) mass is 892 g/mol. The molecule has 5 fully saturated rings. The molecule has 4 N–H and O–H groups in total. The fourth-order valence-electron chi connectivity index (χ4n) is 10.8. The molecular weight excluding hydrogens is 839 g/mol. The molecule has 0 spiro atoms. The van der Waals surface area contributed by atoms with E-state index in [4.69, 9.17) is 15.2 Å². The van der Waals surface area contributed by atoms with Crippen LogP contribution in [0.1, 0.15) is 44.1 Å². The third kappa shape index (κ3) is 8.28. The van der Waals surface area contributed by atoms with Crippen molar-refractivity contribution in [2.24, 2.45) is 0 Å². The maximum Gasteiger partial charge on any atom is 0.319 e. The summed E-state index contributed by atoms with van der Waals surface area (Å²) < 4.78 is 42.0. The second kappa shape index (κ2) is 17.5. The number of phenolic OH excluding ortho intramolecular Hbond substituents is 1. The molecule has 3 atom stereocenters. The molecule has 65 heavy (non-hydrogen) atoms. The molecule has 1 aromatic heterocycles. The molecule has 0 aliphatic carbocycles. The van der Waals surface area contributed by atoms with Crippen molar-refractivity contribution in [3.05, 3.63) is 77.9 Å². The Kier molecular flexibility index (Phi) is 11.5. The van der Waals surface area contributed by atoms with E-state index in [0.29, 0.717) is 82.2 Å². The van der Waals surface area contributed by atoms with Crippen LogP contribution in [-0.4, -0.2) is 139 Å². The van der Waals surface area contributed by atoms with Crippen LogP contribution in [0, 0.1) is 11.6 Å². The van der Waals surface area contributed by atoms with Crippen LogP contribution in [0.15, 0.2) is 60.7 Å². The standard InChI is InChI=1S/C47H54F2N10O6/c1-54(29-10-15-55(16-11-29)39-6-3-7-40-36(39)14-19-58(40)41-8-9-43(60)51-46(41)62)47(63)56-17-12-33(13-18-56)65-34-21-28(48)20-30(22-34)59-31-24-57(25-32(59)27-64-26-31)42-23-38(52-53-45(42)50)35-4-2-5-37(49)44(35)61/h2-7,20-23,29,31-33,41,61H,8-19,24-27H2,1H3,(H2,50,53)(H,51,60,62)/t31-,32+,41-/m1/s1. The van der Waals surface area contributed by atoms with Crippen LogP contribution >= 0.6 is 0 Å². The van der Waals surface area contributed by atoms with Crippen molar-refractivity contribution in [2.75, 3.05) is 91.4 Å². The van der Waals surface area contributed by atoms with Gasteiger partial charge >= 0.3 is 6.03 Å². The van der Waals surface area contributed by atoms with E-state index in [-0.39, 0.29) is 65.2 Å². The first-order valence-corrected chi connectivity index (χ1v) is 22.7. The molecule has 10 rings (SSSR count). The highest BCUT2D eigenvalue weighted by Gasteiger charge is 2.41. The Bertz CT molecular complexity index is 2470. The number of piperazine rings is 1. The molecule has 3 aromatic carbocycles. The number of fused-ring (bicyclic) bond motifs is 3. The highest BCUT2D eigenvalue weighted by molar-refractivity contribution is 6.02. The second-order valence-corrected chi connectivity index (χ2v) is 18.0. The van der Waals surface area contributed by atoms with Crippen LogP contribution in [0.2, 0.25) is 0 Å². The van der Waals surface area contributed by atoms with Gasteiger partial charge in [-0.15, -0.1) is 10.2 Å². The van der Waals surface area contributed by atoms with E-state index in [2.05, 4.69) is 47.2 Å². The van der Waals surface area contributed by atoms with Crippen LogP contribution in [0.5, 0.6) is 11.5 Å². The number of benzene rings is 3. The Morgan fingerprint density at radius 3 is 2.35 bits per heavy atom. The first kappa shape index (κ1) is 42.5. The first-order valence-electron chi connectivity index (χ1n) is 22.7. The number of nitrogen functional groups attached to an aromatic ring is 1. The lowest BCUT2D eigenvalue weighted by atomic mass is 10.0. The number of rotatable bonds is 8. The number of ether oxygens (including phenoxy) is 2. The number of hydrogen-bond acceptors (Lipinski definition) is 13. The number of piperidine rings is 3. The van der Waals surface area contributed by atoms with Crippen molar-refractivity contribution < 1.29 is 37.7 Å². The van der Waals surface area contributed by atoms with Gasteiger partial charge in [0.1, 0.15) is 23.7 Å². The Morgan fingerprint density at radius 2 is 1.60 bits per heavy atom. The number of hydrogen-bond donors (Lipinski definition) is 3. The average molecular weight is 893 g/mol. The summed E-state index contributed by atoms with van der Waals surface area (Å²) in [6.45, 7) is 5.20. The fourth-order valence-corrected chi connectivity index (χ4v) is 10.8. The number of nitrogens with zero attached hydrogens (tertiary/aromatic N) is 8. The summed E-state index contributed by atoms with van der Waals surface area (Å²) in [5, 5.41) is 21.1. The summed E-state index contributed by atoms with van der Waals surface area (Å²) >= 11 is 0. The molecule has 16 nitrogen and oxygen atoms in total. The van der Waals surface area contributed by atoms with E-state index in [1.165, 1.54) is 35.5 Å². The number of morpholine rings is 1. The first-order chi connectivity index (χ1) is 31.5. The molecule has 4 aromatic rings. The van der Waals surface area contributed by atoms with Gasteiger partial charge in [0.25, 0.3) is 0 Å². The van der Waals surface area contributed by atoms with E-state index in [0.717, 1.165) is 44.6 Å². The molecule has 7 heterocycles. The van der Waals surface area contributed by atoms with Gasteiger partial charge in [-0.05, 0) is 62.1 Å². The number of amides is 4. The van der Waals surface area contributed by atoms with Crippen LogP contribution in [0.25, 0.3) is 11.3 Å². The number of phenols is 1. The Labute approximate surface area is 375 Å². The van der Waals surface area contributed by atoms with Gasteiger partial charge < -0.3 is 49.7 Å². The number of imide groups is 1. The van der Waals surface area contributed by atoms with Gasteiger partial charge in [-0.1, -0.05) is 12.1 Å². The zero-order chi connectivity index (χ0) is 44.9. The smallest absolute Gasteiger partial charge is 0.319 e. The molecule has 4 amide bonds. The van der Waals surface area contributed by atoms with Gasteiger partial charge in [0, 0.05) is 118 Å². The summed E-state index contributed by atoms with van der Waals surface area (Å²) in [4.78, 5) is 50.9. The van der Waals surface area contributed by atoms with Crippen molar-refractivity contribution in [3.8, 4) is 22.8 Å². The lowest BCUT2D eigenvalue weighted by molar-refractivity contribution is -0.134. The van der Waals surface area contributed by atoms with Crippen LogP contribution in [-0.2, 0) is 20.7 Å². The lowest BCUT2D eigenvalue weighted by Gasteiger charge is -2.51. The minimum absolute atomic E-state index is 0.0102.